The van der Waals surface area contributed by atoms with E-state index >= 15 is 0 Å². The van der Waals surface area contributed by atoms with Crippen LogP contribution in [0.5, 0.6) is 0 Å². The molecule has 16 heavy (non-hydrogen) atoms. The minimum Gasteiger partial charge on any atom is -0.399 e. The van der Waals surface area contributed by atoms with Gasteiger partial charge in [0.05, 0.1) is 5.69 Å². The number of nitrogen functional groups attached to an aromatic ring is 1. The number of amides is 2. The molecule has 1 heterocycles. The van der Waals surface area contributed by atoms with Crippen molar-refractivity contribution in [2.45, 2.75) is 13.5 Å². The van der Waals surface area contributed by atoms with Crippen LogP contribution in [0.3, 0.4) is 0 Å². The monoisotopic (exact) mass is 219 g/mol. The average molecular weight is 219 g/mol. The van der Waals surface area contributed by atoms with E-state index < -0.39 is 0 Å². The Hall–Kier alpha value is -2.04. The quantitative estimate of drug-likeness (QED) is 0.614. The summed E-state index contributed by atoms with van der Waals surface area (Å²) in [5.74, 6) is -0.325. The van der Waals surface area contributed by atoms with Gasteiger partial charge in [-0.25, -0.2) is 0 Å². The van der Waals surface area contributed by atoms with Crippen LogP contribution in [-0.4, -0.2) is 18.4 Å². The van der Waals surface area contributed by atoms with Crippen LogP contribution in [0.1, 0.15) is 12.5 Å². The Labute approximate surface area is 93.2 Å². The number of nitrogens with one attached hydrogen (secondary N) is 1. The number of hydrogen-bond donors (Lipinski definition) is 2. The summed E-state index contributed by atoms with van der Waals surface area (Å²) in [6.45, 7) is 1.91. The van der Waals surface area contributed by atoms with Crippen molar-refractivity contribution in [3.63, 3.8) is 0 Å². The summed E-state index contributed by atoms with van der Waals surface area (Å²) < 4.78 is 0. The van der Waals surface area contributed by atoms with Gasteiger partial charge in [-0.05, 0) is 17.7 Å². The molecular weight excluding hydrogens is 206 g/mol. The van der Waals surface area contributed by atoms with E-state index in [2.05, 4.69) is 5.32 Å². The maximum atomic E-state index is 11.5. The van der Waals surface area contributed by atoms with Gasteiger partial charge in [0.25, 0.3) is 0 Å². The van der Waals surface area contributed by atoms with Gasteiger partial charge >= 0.3 is 0 Å². The van der Waals surface area contributed by atoms with Gasteiger partial charge in [0, 0.05) is 19.2 Å². The van der Waals surface area contributed by atoms with Crippen LogP contribution in [0.2, 0.25) is 0 Å². The van der Waals surface area contributed by atoms with Crippen LogP contribution in [0.25, 0.3) is 0 Å². The van der Waals surface area contributed by atoms with E-state index in [-0.39, 0.29) is 18.4 Å². The van der Waals surface area contributed by atoms with Gasteiger partial charge < -0.3 is 16.0 Å². The third-order valence-corrected chi connectivity index (χ3v) is 2.56. The fourth-order valence-electron chi connectivity index (χ4n) is 1.74. The van der Waals surface area contributed by atoms with Gasteiger partial charge in [0.2, 0.25) is 11.8 Å². The fraction of sp³-hybridized carbons (Fsp3) is 0.273. The Balaban J connectivity index is 2.50. The summed E-state index contributed by atoms with van der Waals surface area (Å²) in [5.41, 5.74) is 7.88. The van der Waals surface area contributed by atoms with Crippen molar-refractivity contribution in [2.24, 2.45) is 0 Å². The fourth-order valence-corrected chi connectivity index (χ4v) is 1.74. The lowest BCUT2D eigenvalue weighted by Gasteiger charge is -2.20. The largest absolute Gasteiger partial charge is 0.399 e. The van der Waals surface area contributed by atoms with Crippen molar-refractivity contribution in [1.82, 2.24) is 5.32 Å². The highest BCUT2D eigenvalue weighted by molar-refractivity contribution is 5.99. The van der Waals surface area contributed by atoms with E-state index in [1.54, 1.807) is 12.1 Å². The maximum Gasteiger partial charge on any atom is 0.240 e. The van der Waals surface area contributed by atoms with Crippen molar-refractivity contribution < 1.29 is 9.59 Å². The van der Waals surface area contributed by atoms with Gasteiger partial charge in [0.1, 0.15) is 6.54 Å². The molecule has 1 aliphatic heterocycles. The van der Waals surface area contributed by atoms with E-state index in [4.69, 9.17) is 5.73 Å². The van der Waals surface area contributed by atoms with Crippen LogP contribution in [0, 0.1) is 0 Å². The zero-order valence-electron chi connectivity index (χ0n) is 8.99. The second-order valence-electron chi connectivity index (χ2n) is 3.77. The highest BCUT2D eigenvalue weighted by Crippen LogP contribution is 2.25. The topological polar surface area (TPSA) is 75.4 Å². The number of fused-ring (bicyclic) bond motifs is 1. The Morgan fingerprint density at radius 2 is 2.25 bits per heavy atom. The van der Waals surface area contributed by atoms with Crippen LogP contribution >= 0.6 is 0 Å². The highest BCUT2D eigenvalue weighted by Gasteiger charge is 2.22. The lowest BCUT2D eigenvalue weighted by molar-refractivity contribution is -0.122. The summed E-state index contributed by atoms with van der Waals surface area (Å²) in [6, 6.07) is 5.30. The predicted octanol–water partition coefficient (Wildman–Crippen LogP) is 0.251. The normalized spacial score (nSPS) is 15.1. The molecule has 0 bridgehead atoms. The Bertz CT molecular complexity index is 457. The molecule has 0 saturated heterocycles. The van der Waals surface area contributed by atoms with Gasteiger partial charge in [-0.2, -0.15) is 0 Å². The van der Waals surface area contributed by atoms with E-state index in [0.29, 0.717) is 17.9 Å². The van der Waals surface area contributed by atoms with E-state index in [1.807, 2.05) is 6.07 Å². The first-order valence-electron chi connectivity index (χ1n) is 5.01. The third kappa shape index (κ3) is 1.84. The summed E-state index contributed by atoms with van der Waals surface area (Å²) in [4.78, 5) is 24.3. The van der Waals surface area contributed by atoms with Crippen molar-refractivity contribution in [2.75, 3.05) is 17.2 Å². The summed E-state index contributed by atoms with van der Waals surface area (Å²) in [7, 11) is 0. The van der Waals surface area contributed by atoms with Crippen LogP contribution in [-0.2, 0) is 16.1 Å². The number of carbonyl (C=O) groups is 2. The molecule has 0 spiro atoms. The maximum absolute atomic E-state index is 11.5. The second kappa shape index (κ2) is 3.84. The molecule has 0 radical (unpaired) electrons. The molecule has 1 aliphatic rings. The van der Waals surface area contributed by atoms with Gasteiger partial charge in [0.15, 0.2) is 0 Å². The minimum atomic E-state index is -0.163. The number of nitrogens with two attached hydrogens (primary N) is 1. The van der Waals surface area contributed by atoms with Gasteiger partial charge in [-0.3, -0.25) is 9.59 Å². The number of hydrogen-bond acceptors (Lipinski definition) is 3. The number of carbonyl (C=O) groups excluding carboxylic acids is 2. The molecule has 0 atom stereocenters. The van der Waals surface area contributed by atoms with E-state index in [1.165, 1.54) is 11.8 Å². The van der Waals surface area contributed by atoms with Crippen molar-refractivity contribution in [3.05, 3.63) is 23.8 Å². The molecule has 0 fully saturated rings. The smallest absolute Gasteiger partial charge is 0.240 e. The number of rotatable bonds is 0. The Morgan fingerprint density at radius 3 is 2.94 bits per heavy atom. The van der Waals surface area contributed by atoms with Gasteiger partial charge in [-0.15, -0.1) is 0 Å². The Morgan fingerprint density at radius 1 is 1.50 bits per heavy atom. The van der Waals surface area contributed by atoms with Crippen LogP contribution < -0.4 is 16.0 Å². The van der Waals surface area contributed by atoms with Crippen LogP contribution in [0.4, 0.5) is 11.4 Å². The molecule has 2 amide bonds. The molecular formula is C11H13N3O2. The van der Waals surface area contributed by atoms with Crippen molar-refractivity contribution in [1.29, 1.82) is 0 Å². The lowest BCUT2D eigenvalue weighted by atomic mass is 10.1. The molecule has 0 unspecified atom stereocenters. The van der Waals surface area contributed by atoms with E-state index in [0.717, 1.165) is 5.56 Å². The molecule has 1 aromatic carbocycles. The molecule has 0 aromatic heterocycles. The molecule has 2 rings (SSSR count). The molecule has 5 nitrogen and oxygen atoms in total. The minimum absolute atomic E-state index is 0.0474. The SMILES string of the molecule is CC(=O)N1CC(=O)NCc2ccc(N)cc21. The summed E-state index contributed by atoms with van der Waals surface area (Å²) >= 11 is 0. The third-order valence-electron chi connectivity index (χ3n) is 2.56. The standard InChI is InChI=1S/C11H13N3O2/c1-7(15)14-6-11(16)13-5-8-2-3-9(12)4-10(8)14/h2-4H,5-6,12H2,1H3,(H,13,16). The molecule has 1 aromatic rings. The summed E-state index contributed by atoms with van der Waals surface area (Å²) in [6.07, 6.45) is 0. The van der Waals surface area contributed by atoms with Crippen LogP contribution in [0.15, 0.2) is 18.2 Å². The molecule has 3 N–H and O–H groups in total. The first kappa shape index (κ1) is 10.5. The molecule has 5 heteroatoms. The second-order valence-corrected chi connectivity index (χ2v) is 3.77. The summed E-state index contributed by atoms with van der Waals surface area (Å²) in [5, 5.41) is 2.73. The first-order valence-corrected chi connectivity index (χ1v) is 5.01. The van der Waals surface area contributed by atoms with Gasteiger partial charge in [-0.1, -0.05) is 6.07 Å². The number of nitrogens with zero attached hydrogens (tertiary/aromatic N) is 1. The molecule has 84 valence electrons. The predicted molar refractivity (Wildman–Crippen MR) is 60.7 cm³/mol. The van der Waals surface area contributed by atoms with Crippen molar-refractivity contribution in [3.8, 4) is 0 Å². The average Bonchev–Trinajstić information content (AvgIpc) is 2.38. The highest BCUT2D eigenvalue weighted by atomic mass is 16.2. The lowest BCUT2D eigenvalue weighted by Crippen LogP contribution is -2.36. The zero-order chi connectivity index (χ0) is 11.7. The first-order chi connectivity index (χ1) is 7.58. The van der Waals surface area contributed by atoms with E-state index in [9.17, 15) is 9.59 Å². The Kier molecular flexibility index (Phi) is 2.52. The molecule has 0 aliphatic carbocycles. The number of anilines is 2. The number of benzene rings is 1. The molecule has 0 saturated carbocycles. The van der Waals surface area contributed by atoms with Crippen molar-refractivity contribution >= 4 is 23.2 Å². The zero-order valence-corrected chi connectivity index (χ0v) is 8.99.